The summed E-state index contributed by atoms with van der Waals surface area (Å²) in [5, 5.41) is 3.06. The first-order chi connectivity index (χ1) is 11.1. The van der Waals surface area contributed by atoms with Gasteiger partial charge < -0.3 is 10.2 Å². The number of amides is 1. The van der Waals surface area contributed by atoms with E-state index in [-0.39, 0.29) is 11.8 Å². The molecule has 0 aliphatic carbocycles. The second-order valence-electron chi connectivity index (χ2n) is 6.09. The molecule has 1 unspecified atom stereocenters. The predicted octanol–water partition coefficient (Wildman–Crippen LogP) is 2.95. The van der Waals surface area contributed by atoms with Crippen LogP contribution in [0.2, 0.25) is 0 Å². The highest BCUT2D eigenvalue weighted by molar-refractivity contribution is 5.93. The Bertz CT molecular complexity index is 701. The fourth-order valence-corrected chi connectivity index (χ4v) is 2.91. The van der Waals surface area contributed by atoms with Gasteiger partial charge in [0.15, 0.2) is 0 Å². The third-order valence-electron chi connectivity index (χ3n) is 4.26. The summed E-state index contributed by atoms with van der Waals surface area (Å²) in [6.45, 7) is 5.53. The van der Waals surface area contributed by atoms with Crippen LogP contribution in [-0.4, -0.2) is 29.0 Å². The average molecular weight is 310 g/mol. The molecule has 2 aromatic rings. The van der Waals surface area contributed by atoms with Crippen LogP contribution in [0.5, 0.6) is 0 Å². The van der Waals surface area contributed by atoms with Crippen LogP contribution in [0.3, 0.4) is 0 Å². The third-order valence-corrected chi connectivity index (χ3v) is 4.26. The first-order valence-corrected chi connectivity index (χ1v) is 8.04. The van der Waals surface area contributed by atoms with Gasteiger partial charge in [0.05, 0.1) is 5.92 Å². The van der Waals surface area contributed by atoms with E-state index in [0.29, 0.717) is 6.54 Å². The largest absolute Gasteiger partial charge is 0.340 e. The number of nitrogens with zero attached hydrogens (tertiary/aromatic N) is 3. The SMILES string of the molecule is Cc1ccnc(N2CCCC(C(=O)Nc3ccccc3C)C2)n1. The summed E-state index contributed by atoms with van der Waals surface area (Å²) >= 11 is 0. The smallest absolute Gasteiger partial charge is 0.229 e. The summed E-state index contributed by atoms with van der Waals surface area (Å²) in [5.74, 6) is 0.766. The van der Waals surface area contributed by atoms with Gasteiger partial charge in [0, 0.05) is 30.7 Å². The Hall–Kier alpha value is -2.43. The second kappa shape index (κ2) is 6.77. The zero-order valence-corrected chi connectivity index (χ0v) is 13.6. The minimum absolute atomic E-state index is 0.0348. The van der Waals surface area contributed by atoms with Gasteiger partial charge in [-0.15, -0.1) is 0 Å². The van der Waals surface area contributed by atoms with Gasteiger partial charge in [-0.3, -0.25) is 4.79 Å². The van der Waals surface area contributed by atoms with Crippen molar-refractivity contribution in [1.82, 2.24) is 9.97 Å². The molecule has 0 bridgehead atoms. The molecular weight excluding hydrogens is 288 g/mol. The minimum Gasteiger partial charge on any atom is -0.340 e. The Kier molecular flexibility index (Phi) is 4.55. The summed E-state index contributed by atoms with van der Waals surface area (Å²) in [7, 11) is 0. The molecule has 2 heterocycles. The van der Waals surface area contributed by atoms with Gasteiger partial charge in [-0.2, -0.15) is 0 Å². The van der Waals surface area contributed by atoms with E-state index >= 15 is 0 Å². The molecule has 1 aliphatic heterocycles. The van der Waals surface area contributed by atoms with E-state index in [1.54, 1.807) is 6.20 Å². The summed E-state index contributed by atoms with van der Waals surface area (Å²) in [6, 6.07) is 9.75. The molecule has 1 aromatic heterocycles. The number of piperidine rings is 1. The third kappa shape index (κ3) is 3.67. The Morgan fingerprint density at radius 3 is 2.87 bits per heavy atom. The maximum absolute atomic E-state index is 12.6. The number of aromatic nitrogens is 2. The summed E-state index contributed by atoms with van der Waals surface area (Å²) in [4.78, 5) is 23.5. The standard InChI is InChI=1S/C18H22N4O/c1-13-6-3-4-8-16(13)21-17(23)15-7-5-11-22(12-15)18-19-10-9-14(2)20-18/h3-4,6,8-10,15H,5,7,11-12H2,1-2H3,(H,21,23). The second-order valence-corrected chi connectivity index (χ2v) is 6.09. The van der Waals surface area contributed by atoms with Crippen LogP contribution in [0.25, 0.3) is 0 Å². The van der Waals surface area contributed by atoms with Crippen molar-refractivity contribution in [3.63, 3.8) is 0 Å². The lowest BCUT2D eigenvalue weighted by atomic mass is 9.97. The van der Waals surface area contributed by atoms with Crippen LogP contribution in [-0.2, 0) is 4.79 Å². The van der Waals surface area contributed by atoms with E-state index in [0.717, 1.165) is 42.3 Å². The minimum atomic E-state index is -0.0348. The van der Waals surface area contributed by atoms with E-state index in [9.17, 15) is 4.79 Å². The Morgan fingerprint density at radius 2 is 2.09 bits per heavy atom. The van der Waals surface area contributed by atoms with Gasteiger partial charge in [-0.25, -0.2) is 9.97 Å². The molecule has 23 heavy (non-hydrogen) atoms. The maximum atomic E-state index is 12.6. The molecule has 0 radical (unpaired) electrons. The Labute approximate surface area is 136 Å². The van der Waals surface area contributed by atoms with Crippen molar-refractivity contribution in [2.24, 2.45) is 5.92 Å². The van der Waals surface area contributed by atoms with Crippen molar-refractivity contribution in [2.45, 2.75) is 26.7 Å². The Morgan fingerprint density at radius 1 is 1.26 bits per heavy atom. The van der Waals surface area contributed by atoms with E-state index in [4.69, 9.17) is 0 Å². The lowest BCUT2D eigenvalue weighted by molar-refractivity contribution is -0.120. The highest BCUT2D eigenvalue weighted by Crippen LogP contribution is 2.22. The van der Waals surface area contributed by atoms with E-state index < -0.39 is 0 Å². The number of anilines is 2. The van der Waals surface area contributed by atoms with Crippen molar-refractivity contribution in [1.29, 1.82) is 0 Å². The Balaban J connectivity index is 1.68. The fraction of sp³-hybridized carbons (Fsp3) is 0.389. The highest BCUT2D eigenvalue weighted by atomic mass is 16.1. The normalized spacial score (nSPS) is 17.8. The molecule has 0 saturated carbocycles. The van der Waals surface area contributed by atoms with Crippen molar-refractivity contribution in [2.75, 3.05) is 23.3 Å². The van der Waals surface area contributed by atoms with Crippen molar-refractivity contribution >= 4 is 17.5 Å². The van der Waals surface area contributed by atoms with Crippen molar-refractivity contribution < 1.29 is 4.79 Å². The zero-order chi connectivity index (χ0) is 16.2. The van der Waals surface area contributed by atoms with Gasteiger partial charge >= 0.3 is 0 Å². The number of hydrogen-bond acceptors (Lipinski definition) is 4. The van der Waals surface area contributed by atoms with Crippen LogP contribution in [0.1, 0.15) is 24.1 Å². The number of carbonyl (C=O) groups excluding carboxylic acids is 1. The predicted molar refractivity (Wildman–Crippen MR) is 91.5 cm³/mol. The number of benzene rings is 1. The quantitative estimate of drug-likeness (QED) is 0.947. The molecule has 1 aromatic carbocycles. The molecule has 1 atom stereocenters. The molecule has 3 rings (SSSR count). The number of nitrogens with one attached hydrogen (secondary N) is 1. The van der Waals surface area contributed by atoms with Crippen LogP contribution in [0.4, 0.5) is 11.6 Å². The molecule has 1 saturated heterocycles. The number of hydrogen-bond donors (Lipinski definition) is 1. The lowest BCUT2D eigenvalue weighted by Gasteiger charge is -2.32. The van der Waals surface area contributed by atoms with Gasteiger partial charge in [-0.1, -0.05) is 18.2 Å². The molecular formula is C18H22N4O. The molecule has 1 N–H and O–H groups in total. The number of carbonyl (C=O) groups is 1. The van der Waals surface area contributed by atoms with E-state index in [1.165, 1.54) is 0 Å². The van der Waals surface area contributed by atoms with Gasteiger partial charge in [0.2, 0.25) is 11.9 Å². The molecule has 120 valence electrons. The fourth-order valence-electron chi connectivity index (χ4n) is 2.91. The molecule has 5 heteroatoms. The van der Waals surface area contributed by atoms with Gasteiger partial charge in [0.1, 0.15) is 0 Å². The number of aryl methyl sites for hydroxylation is 2. The van der Waals surface area contributed by atoms with Gasteiger partial charge in [-0.05, 0) is 44.4 Å². The first-order valence-electron chi connectivity index (χ1n) is 8.04. The maximum Gasteiger partial charge on any atom is 0.229 e. The molecule has 5 nitrogen and oxygen atoms in total. The molecule has 0 spiro atoms. The van der Waals surface area contributed by atoms with E-state index in [2.05, 4.69) is 20.2 Å². The van der Waals surface area contributed by atoms with Crippen LogP contribution >= 0.6 is 0 Å². The highest BCUT2D eigenvalue weighted by Gasteiger charge is 2.27. The van der Waals surface area contributed by atoms with Crippen molar-refractivity contribution in [3.8, 4) is 0 Å². The van der Waals surface area contributed by atoms with Crippen LogP contribution in [0, 0.1) is 19.8 Å². The topological polar surface area (TPSA) is 58.1 Å². The van der Waals surface area contributed by atoms with Gasteiger partial charge in [0.25, 0.3) is 0 Å². The molecule has 1 aliphatic rings. The molecule has 1 amide bonds. The number of para-hydroxylation sites is 1. The van der Waals surface area contributed by atoms with E-state index in [1.807, 2.05) is 44.2 Å². The number of rotatable bonds is 3. The van der Waals surface area contributed by atoms with Crippen LogP contribution in [0.15, 0.2) is 36.5 Å². The van der Waals surface area contributed by atoms with Crippen molar-refractivity contribution in [3.05, 3.63) is 47.8 Å². The summed E-state index contributed by atoms with van der Waals surface area (Å²) < 4.78 is 0. The average Bonchev–Trinajstić information content (AvgIpc) is 2.57. The zero-order valence-electron chi connectivity index (χ0n) is 13.6. The van der Waals surface area contributed by atoms with Crippen LogP contribution < -0.4 is 10.2 Å². The summed E-state index contributed by atoms with van der Waals surface area (Å²) in [6.07, 6.45) is 3.65. The summed E-state index contributed by atoms with van der Waals surface area (Å²) in [5.41, 5.74) is 2.92. The monoisotopic (exact) mass is 310 g/mol. The molecule has 1 fully saturated rings. The first kappa shape index (κ1) is 15.5. The lowest BCUT2D eigenvalue weighted by Crippen LogP contribution is -2.41.